The highest BCUT2D eigenvalue weighted by Gasteiger charge is 2.18. The Kier molecular flexibility index (Phi) is 4.07. The van der Waals surface area contributed by atoms with Crippen LogP contribution in [0.5, 0.6) is 11.5 Å². The van der Waals surface area contributed by atoms with Crippen molar-refractivity contribution in [3.05, 3.63) is 45.1 Å². The number of aryl methyl sites for hydroxylation is 2. The molecule has 1 aromatic carbocycles. The van der Waals surface area contributed by atoms with Crippen molar-refractivity contribution in [3.63, 3.8) is 0 Å². The predicted molar refractivity (Wildman–Crippen MR) is 87.0 cm³/mol. The summed E-state index contributed by atoms with van der Waals surface area (Å²) < 4.78 is 11.1. The Bertz CT molecular complexity index is 708. The van der Waals surface area contributed by atoms with Crippen LogP contribution in [-0.2, 0) is 6.54 Å². The number of ether oxygens (including phenoxy) is 2. The van der Waals surface area contributed by atoms with Crippen LogP contribution in [-0.4, -0.2) is 31.1 Å². The number of hydrogen-bond donors (Lipinski definition) is 0. The number of hydrogen-bond acceptors (Lipinski definition) is 4. The van der Waals surface area contributed by atoms with Gasteiger partial charge in [0, 0.05) is 23.3 Å². The van der Waals surface area contributed by atoms with E-state index in [-0.39, 0.29) is 5.91 Å². The molecule has 0 aliphatic carbocycles. The number of carbonyl (C=O) groups is 1. The number of rotatable bonds is 3. The standard InChI is InChI=1S/C17H19NO3S/c1-11-8-14(12(2)22-11)17(19)18(3)10-13-4-5-15-16(9-13)21-7-6-20-15/h4-5,8-9H,6-7,10H2,1-3H3. The van der Waals surface area contributed by atoms with Gasteiger partial charge in [-0.25, -0.2) is 0 Å². The predicted octanol–water partition coefficient (Wildman–Crippen LogP) is 3.41. The third-order valence-corrected chi connectivity index (χ3v) is 4.61. The van der Waals surface area contributed by atoms with Gasteiger partial charge in [0.05, 0.1) is 5.56 Å². The summed E-state index contributed by atoms with van der Waals surface area (Å²) >= 11 is 1.66. The van der Waals surface area contributed by atoms with Gasteiger partial charge in [0.2, 0.25) is 0 Å². The van der Waals surface area contributed by atoms with Crippen LogP contribution in [0.25, 0.3) is 0 Å². The number of carbonyl (C=O) groups excluding carboxylic acids is 1. The van der Waals surface area contributed by atoms with E-state index in [2.05, 4.69) is 0 Å². The molecule has 22 heavy (non-hydrogen) atoms. The summed E-state index contributed by atoms with van der Waals surface area (Å²) in [6.07, 6.45) is 0. The minimum Gasteiger partial charge on any atom is -0.486 e. The fourth-order valence-corrected chi connectivity index (χ4v) is 3.50. The van der Waals surface area contributed by atoms with Crippen molar-refractivity contribution in [1.29, 1.82) is 0 Å². The molecule has 0 N–H and O–H groups in total. The summed E-state index contributed by atoms with van der Waals surface area (Å²) in [5.74, 6) is 1.58. The van der Waals surface area contributed by atoms with Gasteiger partial charge >= 0.3 is 0 Å². The fourth-order valence-electron chi connectivity index (χ4n) is 2.58. The Balaban J connectivity index is 1.75. The molecular weight excluding hydrogens is 298 g/mol. The third kappa shape index (κ3) is 2.95. The van der Waals surface area contributed by atoms with E-state index in [0.29, 0.717) is 19.8 Å². The van der Waals surface area contributed by atoms with Gasteiger partial charge in [-0.1, -0.05) is 6.07 Å². The normalized spacial score (nSPS) is 13.0. The number of fused-ring (bicyclic) bond motifs is 1. The van der Waals surface area contributed by atoms with Crippen molar-refractivity contribution in [2.45, 2.75) is 20.4 Å². The summed E-state index contributed by atoms with van der Waals surface area (Å²) in [6.45, 7) is 5.71. The molecule has 3 rings (SSSR count). The molecule has 1 aliphatic rings. The first-order valence-corrected chi connectivity index (χ1v) is 8.07. The second-order valence-electron chi connectivity index (χ2n) is 5.47. The molecule has 1 aliphatic heterocycles. The van der Waals surface area contributed by atoms with Crippen LogP contribution in [0, 0.1) is 13.8 Å². The van der Waals surface area contributed by atoms with E-state index in [1.54, 1.807) is 16.2 Å². The largest absolute Gasteiger partial charge is 0.486 e. The molecule has 4 nitrogen and oxygen atoms in total. The van der Waals surface area contributed by atoms with Gasteiger partial charge < -0.3 is 14.4 Å². The van der Waals surface area contributed by atoms with Gasteiger partial charge in [-0.05, 0) is 37.6 Å². The SMILES string of the molecule is Cc1cc(C(=O)N(C)Cc2ccc3c(c2)OCCO3)c(C)s1. The molecule has 1 aromatic heterocycles. The number of nitrogens with zero attached hydrogens (tertiary/aromatic N) is 1. The second-order valence-corrected chi connectivity index (χ2v) is 6.93. The second kappa shape index (κ2) is 6.01. The molecule has 5 heteroatoms. The number of thiophene rings is 1. The number of amides is 1. The van der Waals surface area contributed by atoms with Crippen LogP contribution in [0.15, 0.2) is 24.3 Å². The number of benzene rings is 1. The quantitative estimate of drug-likeness (QED) is 0.871. The molecule has 2 heterocycles. The molecule has 0 spiro atoms. The van der Waals surface area contributed by atoms with E-state index in [1.165, 1.54) is 0 Å². The first kappa shape index (κ1) is 14.9. The van der Waals surface area contributed by atoms with Crippen molar-refractivity contribution >= 4 is 17.2 Å². The maximum atomic E-state index is 12.5. The molecule has 1 amide bonds. The van der Waals surface area contributed by atoms with E-state index >= 15 is 0 Å². The Morgan fingerprint density at radius 1 is 1.18 bits per heavy atom. The van der Waals surface area contributed by atoms with Crippen molar-refractivity contribution in [2.75, 3.05) is 20.3 Å². The average molecular weight is 317 g/mol. The monoisotopic (exact) mass is 317 g/mol. The summed E-state index contributed by atoms with van der Waals surface area (Å²) in [6, 6.07) is 7.79. The maximum absolute atomic E-state index is 12.5. The molecule has 0 saturated carbocycles. The molecule has 0 unspecified atom stereocenters. The average Bonchev–Trinajstić information content (AvgIpc) is 2.85. The van der Waals surface area contributed by atoms with Crippen LogP contribution >= 0.6 is 11.3 Å². The Morgan fingerprint density at radius 2 is 1.91 bits per heavy atom. The van der Waals surface area contributed by atoms with Crippen LogP contribution in [0.2, 0.25) is 0 Å². The van der Waals surface area contributed by atoms with E-state index in [0.717, 1.165) is 32.4 Å². The zero-order valence-electron chi connectivity index (χ0n) is 13.0. The molecule has 116 valence electrons. The van der Waals surface area contributed by atoms with Gasteiger partial charge in [-0.2, -0.15) is 0 Å². The van der Waals surface area contributed by atoms with E-state index in [1.807, 2.05) is 45.2 Å². The summed E-state index contributed by atoms with van der Waals surface area (Å²) in [4.78, 5) is 16.5. The molecule has 0 radical (unpaired) electrons. The van der Waals surface area contributed by atoms with Crippen molar-refractivity contribution < 1.29 is 14.3 Å². The highest BCUT2D eigenvalue weighted by atomic mass is 32.1. The smallest absolute Gasteiger partial charge is 0.255 e. The van der Waals surface area contributed by atoms with Gasteiger partial charge in [0.25, 0.3) is 5.91 Å². The lowest BCUT2D eigenvalue weighted by atomic mass is 10.1. The van der Waals surface area contributed by atoms with Crippen molar-refractivity contribution in [2.24, 2.45) is 0 Å². The highest BCUT2D eigenvalue weighted by molar-refractivity contribution is 7.12. The van der Waals surface area contributed by atoms with Gasteiger partial charge in [0.1, 0.15) is 13.2 Å². The van der Waals surface area contributed by atoms with Crippen LogP contribution in [0.4, 0.5) is 0 Å². The summed E-state index contributed by atoms with van der Waals surface area (Å²) in [5.41, 5.74) is 1.83. The zero-order valence-corrected chi connectivity index (χ0v) is 13.8. The van der Waals surface area contributed by atoms with Crippen LogP contribution in [0.3, 0.4) is 0 Å². The molecule has 0 saturated heterocycles. The van der Waals surface area contributed by atoms with Gasteiger partial charge in [0.15, 0.2) is 11.5 Å². The Hall–Kier alpha value is -2.01. The zero-order chi connectivity index (χ0) is 15.7. The van der Waals surface area contributed by atoms with Gasteiger partial charge in [-0.15, -0.1) is 11.3 Å². The van der Waals surface area contributed by atoms with E-state index < -0.39 is 0 Å². The maximum Gasteiger partial charge on any atom is 0.255 e. The molecule has 0 atom stereocenters. The van der Waals surface area contributed by atoms with Crippen molar-refractivity contribution in [1.82, 2.24) is 4.90 Å². The lowest BCUT2D eigenvalue weighted by molar-refractivity contribution is 0.0784. The third-order valence-electron chi connectivity index (χ3n) is 3.64. The van der Waals surface area contributed by atoms with Crippen molar-refractivity contribution in [3.8, 4) is 11.5 Å². The Morgan fingerprint density at radius 3 is 2.59 bits per heavy atom. The topological polar surface area (TPSA) is 38.8 Å². The summed E-state index contributed by atoms with van der Waals surface area (Å²) in [7, 11) is 1.82. The molecule has 0 fully saturated rings. The Labute approximate surface area is 134 Å². The minimum atomic E-state index is 0.0525. The lowest BCUT2D eigenvalue weighted by Gasteiger charge is -2.21. The van der Waals surface area contributed by atoms with Crippen LogP contribution in [0.1, 0.15) is 25.7 Å². The van der Waals surface area contributed by atoms with E-state index in [9.17, 15) is 4.79 Å². The van der Waals surface area contributed by atoms with E-state index in [4.69, 9.17) is 9.47 Å². The lowest BCUT2D eigenvalue weighted by Crippen LogP contribution is -2.26. The first-order chi connectivity index (χ1) is 10.5. The minimum absolute atomic E-state index is 0.0525. The van der Waals surface area contributed by atoms with Crippen LogP contribution < -0.4 is 9.47 Å². The molecule has 2 aromatic rings. The fraction of sp³-hybridized carbons (Fsp3) is 0.353. The molecule has 0 bridgehead atoms. The highest BCUT2D eigenvalue weighted by Crippen LogP contribution is 2.31. The molecular formula is C17H19NO3S. The van der Waals surface area contributed by atoms with Gasteiger partial charge in [-0.3, -0.25) is 4.79 Å². The first-order valence-electron chi connectivity index (χ1n) is 7.25. The summed E-state index contributed by atoms with van der Waals surface area (Å²) in [5, 5.41) is 0.